The van der Waals surface area contributed by atoms with Gasteiger partial charge in [-0.2, -0.15) is 0 Å². The van der Waals surface area contributed by atoms with Crippen LogP contribution in [-0.2, 0) is 0 Å². The number of phenols is 1. The SMILES string of the molecule is Oc1ccc(SSc2ccc(-c3ncnc(-c4ccccc4)n3)cc2)cc1. The summed E-state index contributed by atoms with van der Waals surface area (Å²) in [6.45, 7) is 0. The predicted molar refractivity (Wildman–Crippen MR) is 111 cm³/mol. The van der Waals surface area contributed by atoms with Gasteiger partial charge in [0, 0.05) is 20.9 Å². The second-order valence-corrected chi connectivity index (χ2v) is 7.96. The molecular formula is C21H15N3OS2. The molecule has 4 rings (SSSR count). The molecule has 0 saturated heterocycles. The lowest BCUT2D eigenvalue weighted by Gasteiger charge is -2.05. The molecule has 0 fully saturated rings. The second kappa shape index (κ2) is 8.24. The van der Waals surface area contributed by atoms with Crippen molar-refractivity contribution in [1.29, 1.82) is 0 Å². The van der Waals surface area contributed by atoms with Crippen LogP contribution in [-0.4, -0.2) is 20.1 Å². The lowest BCUT2D eigenvalue weighted by atomic mass is 10.2. The van der Waals surface area contributed by atoms with E-state index in [-0.39, 0.29) is 5.75 Å². The second-order valence-electron chi connectivity index (χ2n) is 5.68. The molecule has 0 atom stereocenters. The Labute approximate surface area is 165 Å². The molecule has 0 aliphatic rings. The van der Waals surface area contributed by atoms with Crippen LogP contribution in [0.3, 0.4) is 0 Å². The fourth-order valence-corrected chi connectivity index (χ4v) is 4.35. The minimum atomic E-state index is 0.279. The zero-order chi connectivity index (χ0) is 18.5. The van der Waals surface area contributed by atoms with Gasteiger partial charge >= 0.3 is 0 Å². The summed E-state index contributed by atoms with van der Waals surface area (Å²) in [5.74, 6) is 1.61. The summed E-state index contributed by atoms with van der Waals surface area (Å²) >= 11 is 0. The van der Waals surface area contributed by atoms with E-state index in [1.807, 2.05) is 54.6 Å². The van der Waals surface area contributed by atoms with Crippen LogP contribution >= 0.6 is 21.6 Å². The molecule has 27 heavy (non-hydrogen) atoms. The molecule has 4 nitrogen and oxygen atoms in total. The number of benzene rings is 3. The first-order chi connectivity index (χ1) is 13.3. The molecule has 1 aromatic heterocycles. The van der Waals surface area contributed by atoms with Crippen LogP contribution in [0.2, 0.25) is 0 Å². The molecule has 0 spiro atoms. The first-order valence-electron chi connectivity index (χ1n) is 8.26. The van der Waals surface area contributed by atoms with Gasteiger partial charge in [-0.25, -0.2) is 15.0 Å². The van der Waals surface area contributed by atoms with Gasteiger partial charge in [0.1, 0.15) is 12.1 Å². The number of aromatic nitrogens is 3. The van der Waals surface area contributed by atoms with Crippen LogP contribution in [0, 0.1) is 0 Å². The van der Waals surface area contributed by atoms with Gasteiger partial charge in [-0.15, -0.1) is 0 Å². The first-order valence-corrected chi connectivity index (χ1v) is 10.4. The van der Waals surface area contributed by atoms with Gasteiger partial charge in [0.05, 0.1) is 0 Å². The lowest BCUT2D eigenvalue weighted by molar-refractivity contribution is 0.475. The minimum Gasteiger partial charge on any atom is -0.508 e. The highest BCUT2D eigenvalue weighted by molar-refractivity contribution is 8.76. The van der Waals surface area contributed by atoms with E-state index in [1.54, 1.807) is 40.0 Å². The van der Waals surface area contributed by atoms with E-state index in [0.717, 1.165) is 20.9 Å². The Morgan fingerprint density at radius 3 is 1.70 bits per heavy atom. The molecule has 4 aromatic rings. The Kier molecular flexibility index (Phi) is 5.37. The van der Waals surface area contributed by atoms with E-state index < -0.39 is 0 Å². The average molecular weight is 390 g/mol. The molecule has 0 radical (unpaired) electrons. The highest BCUT2D eigenvalue weighted by Crippen LogP contribution is 2.38. The molecule has 132 valence electrons. The predicted octanol–water partition coefficient (Wildman–Crippen LogP) is 5.71. The number of hydrogen-bond donors (Lipinski definition) is 1. The number of hydrogen-bond acceptors (Lipinski definition) is 6. The zero-order valence-corrected chi connectivity index (χ0v) is 15.8. The van der Waals surface area contributed by atoms with Crippen LogP contribution in [0.1, 0.15) is 0 Å². The molecule has 0 aliphatic heterocycles. The monoisotopic (exact) mass is 389 g/mol. The van der Waals surface area contributed by atoms with Crippen molar-refractivity contribution in [2.24, 2.45) is 0 Å². The minimum absolute atomic E-state index is 0.279. The quantitative estimate of drug-likeness (QED) is 0.441. The first kappa shape index (κ1) is 17.6. The van der Waals surface area contributed by atoms with Crippen LogP contribution in [0.15, 0.2) is 95.0 Å². The van der Waals surface area contributed by atoms with Gasteiger partial charge in [0.25, 0.3) is 0 Å². The van der Waals surface area contributed by atoms with Crippen molar-refractivity contribution in [1.82, 2.24) is 15.0 Å². The number of rotatable bonds is 5. The maximum Gasteiger partial charge on any atom is 0.163 e. The third-order valence-corrected chi connectivity index (χ3v) is 6.20. The summed E-state index contributed by atoms with van der Waals surface area (Å²) in [7, 11) is 3.31. The van der Waals surface area contributed by atoms with Gasteiger partial charge in [-0.1, -0.05) is 64.1 Å². The van der Waals surface area contributed by atoms with E-state index in [1.165, 1.54) is 0 Å². The normalized spacial score (nSPS) is 10.7. The topological polar surface area (TPSA) is 58.9 Å². The molecular weight excluding hydrogens is 374 g/mol. The molecule has 0 amide bonds. The number of nitrogens with zero attached hydrogens (tertiary/aromatic N) is 3. The summed E-state index contributed by atoms with van der Waals surface area (Å²) in [4.78, 5) is 15.4. The molecule has 0 saturated carbocycles. The number of phenolic OH excluding ortho intramolecular Hbond substituents is 1. The zero-order valence-electron chi connectivity index (χ0n) is 14.2. The van der Waals surface area contributed by atoms with E-state index in [9.17, 15) is 5.11 Å². The van der Waals surface area contributed by atoms with Gasteiger partial charge in [-0.3, -0.25) is 0 Å². The van der Waals surface area contributed by atoms with E-state index >= 15 is 0 Å². The highest BCUT2D eigenvalue weighted by Gasteiger charge is 2.06. The fraction of sp³-hybridized carbons (Fsp3) is 0. The van der Waals surface area contributed by atoms with Gasteiger partial charge < -0.3 is 5.11 Å². The number of aromatic hydroxyl groups is 1. The maximum atomic E-state index is 9.34. The average Bonchev–Trinajstić information content (AvgIpc) is 2.74. The van der Waals surface area contributed by atoms with Crippen LogP contribution < -0.4 is 0 Å². The molecule has 0 bridgehead atoms. The third-order valence-electron chi connectivity index (χ3n) is 3.79. The standard InChI is InChI=1S/C21H15N3OS2/c25-17-8-12-19(13-9-17)27-26-18-10-6-16(7-11-18)21-23-14-22-20(24-21)15-4-2-1-3-5-15/h1-14,25H. The van der Waals surface area contributed by atoms with Crippen LogP contribution in [0.25, 0.3) is 22.8 Å². The van der Waals surface area contributed by atoms with Crippen molar-refractivity contribution in [3.05, 3.63) is 85.2 Å². The Bertz CT molecular complexity index is 1020. The lowest BCUT2D eigenvalue weighted by Crippen LogP contribution is -1.94. The molecule has 3 aromatic carbocycles. The third kappa shape index (κ3) is 4.48. The summed E-state index contributed by atoms with van der Waals surface area (Å²) in [5, 5.41) is 9.34. The summed E-state index contributed by atoms with van der Waals surface area (Å²) in [6, 6.07) is 25.2. The largest absolute Gasteiger partial charge is 0.508 e. The van der Waals surface area contributed by atoms with Crippen molar-refractivity contribution in [3.8, 4) is 28.5 Å². The molecule has 0 unspecified atom stereocenters. The maximum absolute atomic E-state index is 9.34. The Morgan fingerprint density at radius 2 is 1.11 bits per heavy atom. The van der Waals surface area contributed by atoms with Crippen molar-refractivity contribution in [2.45, 2.75) is 9.79 Å². The fourth-order valence-electron chi connectivity index (χ4n) is 2.42. The van der Waals surface area contributed by atoms with Crippen molar-refractivity contribution < 1.29 is 5.11 Å². The summed E-state index contributed by atoms with van der Waals surface area (Å²) in [6.07, 6.45) is 1.55. The van der Waals surface area contributed by atoms with Gasteiger partial charge in [0.2, 0.25) is 0 Å². The molecule has 6 heteroatoms. The Hall–Kier alpha value is -2.83. The van der Waals surface area contributed by atoms with Crippen molar-refractivity contribution in [3.63, 3.8) is 0 Å². The van der Waals surface area contributed by atoms with Crippen molar-refractivity contribution >= 4 is 21.6 Å². The summed E-state index contributed by atoms with van der Waals surface area (Å²) < 4.78 is 0. The van der Waals surface area contributed by atoms with E-state index in [2.05, 4.69) is 27.1 Å². The van der Waals surface area contributed by atoms with Gasteiger partial charge in [-0.05, 0) is 36.4 Å². The van der Waals surface area contributed by atoms with E-state index in [0.29, 0.717) is 11.6 Å². The highest BCUT2D eigenvalue weighted by atomic mass is 33.1. The smallest absolute Gasteiger partial charge is 0.163 e. The molecule has 1 heterocycles. The molecule has 0 aliphatic carbocycles. The Morgan fingerprint density at radius 1 is 0.593 bits per heavy atom. The van der Waals surface area contributed by atoms with Crippen molar-refractivity contribution in [2.75, 3.05) is 0 Å². The Balaban J connectivity index is 1.48. The van der Waals surface area contributed by atoms with Gasteiger partial charge in [0.15, 0.2) is 11.6 Å². The molecule has 1 N–H and O–H groups in total. The van der Waals surface area contributed by atoms with Crippen LogP contribution in [0.5, 0.6) is 5.75 Å². The van der Waals surface area contributed by atoms with E-state index in [4.69, 9.17) is 0 Å². The van der Waals surface area contributed by atoms with Crippen LogP contribution in [0.4, 0.5) is 0 Å². The summed E-state index contributed by atoms with van der Waals surface area (Å²) in [5.41, 5.74) is 1.92.